The van der Waals surface area contributed by atoms with Crippen molar-refractivity contribution in [1.82, 2.24) is 9.97 Å². The highest BCUT2D eigenvalue weighted by Gasteiger charge is 2.15. The van der Waals surface area contributed by atoms with Gasteiger partial charge in [-0.2, -0.15) is 0 Å². The molecular weight excluding hydrogens is 244 g/mol. The van der Waals surface area contributed by atoms with Crippen LogP contribution < -0.4 is 5.56 Å². The Hall–Kier alpha value is -2.43. The smallest absolute Gasteiger partial charge is 0.308 e. The molecule has 19 heavy (non-hydrogen) atoms. The Labute approximate surface area is 110 Å². The first-order valence-electron chi connectivity index (χ1n) is 6.01. The number of benzene rings is 1. The van der Waals surface area contributed by atoms with Gasteiger partial charge in [-0.05, 0) is 0 Å². The summed E-state index contributed by atoms with van der Waals surface area (Å²) in [6, 6.07) is 9.14. The second-order valence-electron chi connectivity index (χ2n) is 4.13. The van der Waals surface area contributed by atoms with Crippen LogP contribution in [0.5, 0.6) is 0 Å². The van der Waals surface area contributed by atoms with Gasteiger partial charge in [0, 0.05) is 12.0 Å². The van der Waals surface area contributed by atoms with Gasteiger partial charge >= 0.3 is 5.97 Å². The van der Waals surface area contributed by atoms with E-state index in [4.69, 9.17) is 5.11 Å². The van der Waals surface area contributed by atoms with E-state index in [0.29, 0.717) is 17.9 Å². The third kappa shape index (κ3) is 2.88. The van der Waals surface area contributed by atoms with Gasteiger partial charge in [0.25, 0.3) is 5.56 Å². The van der Waals surface area contributed by atoms with Gasteiger partial charge in [0.15, 0.2) is 0 Å². The van der Waals surface area contributed by atoms with Crippen LogP contribution in [0, 0.1) is 0 Å². The van der Waals surface area contributed by atoms with Crippen LogP contribution in [0.3, 0.4) is 0 Å². The molecule has 1 aromatic heterocycles. The van der Waals surface area contributed by atoms with Gasteiger partial charge in [-0.25, -0.2) is 4.98 Å². The fourth-order valence-electron chi connectivity index (χ4n) is 1.86. The van der Waals surface area contributed by atoms with Crippen molar-refractivity contribution in [2.75, 3.05) is 0 Å². The van der Waals surface area contributed by atoms with Crippen LogP contribution >= 0.6 is 0 Å². The first kappa shape index (κ1) is 13.0. The van der Waals surface area contributed by atoms with Crippen molar-refractivity contribution in [1.29, 1.82) is 0 Å². The van der Waals surface area contributed by atoms with E-state index < -0.39 is 5.97 Å². The number of hydrogen-bond donors (Lipinski definition) is 2. The monoisotopic (exact) mass is 258 g/mol. The number of nitrogens with one attached hydrogen (secondary N) is 1. The summed E-state index contributed by atoms with van der Waals surface area (Å²) in [6.45, 7) is 1.88. The van der Waals surface area contributed by atoms with E-state index in [9.17, 15) is 9.59 Å². The Balaban J connectivity index is 2.65. The van der Waals surface area contributed by atoms with Gasteiger partial charge in [-0.1, -0.05) is 37.3 Å². The number of aliphatic carboxylic acids is 1. The van der Waals surface area contributed by atoms with Crippen molar-refractivity contribution < 1.29 is 9.90 Å². The predicted octanol–water partition coefficient (Wildman–Crippen LogP) is 1.63. The minimum atomic E-state index is -1.05. The van der Waals surface area contributed by atoms with E-state index in [1.54, 1.807) is 0 Å². The highest BCUT2D eigenvalue weighted by molar-refractivity contribution is 5.74. The summed E-state index contributed by atoms with van der Waals surface area (Å²) in [5, 5.41) is 8.91. The zero-order chi connectivity index (χ0) is 13.8. The topological polar surface area (TPSA) is 83.0 Å². The Morgan fingerprint density at radius 3 is 2.58 bits per heavy atom. The van der Waals surface area contributed by atoms with E-state index in [-0.39, 0.29) is 17.5 Å². The molecule has 0 aliphatic carbocycles. The molecule has 0 bridgehead atoms. The summed E-state index contributed by atoms with van der Waals surface area (Å²) in [6.07, 6.45) is 0.249. The zero-order valence-corrected chi connectivity index (χ0v) is 10.5. The minimum absolute atomic E-state index is 0.191. The molecular formula is C14H14N2O3. The summed E-state index contributed by atoms with van der Waals surface area (Å²) < 4.78 is 0. The SMILES string of the molecule is CCc1nc(-c2ccccc2)c(CC(=O)O)c(=O)[nH]1. The number of carboxylic acids is 1. The predicted molar refractivity (Wildman–Crippen MR) is 71.0 cm³/mol. The standard InChI is InChI=1S/C14H14N2O3/c1-2-11-15-13(9-6-4-3-5-7-9)10(8-12(17)18)14(19)16-11/h3-7H,2,8H2,1H3,(H,17,18)(H,15,16,19). The molecule has 0 spiro atoms. The minimum Gasteiger partial charge on any atom is -0.481 e. The molecule has 5 nitrogen and oxygen atoms in total. The van der Waals surface area contributed by atoms with Crippen LogP contribution in [0.25, 0.3) is 11.3 Å². The number of carboxylic acid groups (broad SMARTS) is 1. The lowest BCUT2D eigenvalue weighted by Gasteiger charge is -2.08. The molecule has 0 fully saturated rings. The maximum atomic E-state index is 12.0. The fraction of sp³-hybridized carbons (Fsp3) is 0.214. The van der Waals surface area contributed by atoms with Gasteiger partial charge in [0.2, 0.25) is 0 Å². The molecule has 1 aromatic carbocycles. The third-order valence-corrected chi connectivity index (χ3v) is 2.77. The number of rotatable bonds is 4. The first-order valence-corrected chi connectivity index (χ1v) is 6.01. The molecule has 0 saturated heterocycles. The molecule has 2 aromatic rings. The molecule has 2 rings (SSSR count). The fourth-order valence-corrected chi connectivity index (χ4v) is 1.86. The lowest BCUT2D eigenvalue weighted by molar-refractivity contribution is -0.136. The summed E-state index contributed by atoms with van der Waals surface area (Å²) in [4.78, 5) is 29.8. The summed E-state index contributed by atoms with van der Waals surface area (Å²) in [5.41, 5.74) is 1.01. The highest BCUT2D eigenvalue weighted by atomic mass is 16.4. The molecule has 0 radical (unpaired) electrons. The summed E-state index contributed by atoms with van der Waals surface area (Å²) >= 11 is 0. The van der Waals surface area contributed by atoms with Crippen molar-refractivity contribution in [2.45, 2.75) is 19.8 Å². The van der Waals surface area contributed by atoms with Crippen molar-refractivity contribution in [3.8, 4) is 11.3 Å². The van der Waals surface area contributed by atoms with Crippen molar-refractivity contribution in [3.63, 3.8) is 0 Å². The van der Waals surface area contributed by atoms with Gasteiger partial charge in [0.05, 0.1) is 17.7 Å². The number of carbonyl (C=O) groups is 1. The average Bonchev–Trinajstić information content (AvgIpc) is 2.41. The maximum Gasteiger partial charge on any atom is 0.308 e. The molecule has 0 amide bonds. The molecule has 5 heteroatoms. The Kier molecular flexibility index (Phi) is 3.75. The lowest BCUT2D eigenvalue weighted by Crippen LogP contribution is -2.21. The van der Waals surface area contributed by atoms with Crippen LogP contribution in [0.4, 0.5) is 0 Å². The quantitative estimate of drug-likeness (QED) is 0.873. The van der Waals surface area contributed by atoms with E-state index in [2.05, 4.69) is 9.97 Å². The lowest BCUT2D eigenvalue weighted by atomic mass is 10.0. The molecule has 1 heterocycles. The van der Waals surface area contributed by atoms with E-state index in [0.717, 1.165) is 5.56 Å². The van der Waals surface area contributed by atoms with Crippen LogP contribution in [0.1, 0.15) is 18.3 Å². The highest BCUT2D eigenvalue weighted by Crippen LogP contribution is 2.19. The molecule has 98 valence electrons. The van der Waals surface area contributed by atoms with Gasteiger partial charge in [-0.3, -0.25) is 9.59 Å². The molecule has 0 atom stereocenters. The average molecular weight is 258 g/mol. The number of hydrogen-bond acceptors (Lipinski definition) is 3. The number of aromatic amines is 1. The van der Waals surface area contributed by atoms with Gasteiger partial charge in [0.1, 0.15) is 5.82 Å². The number of aryl methyl sites for hydroxylation is 1. The second-order valence-corrected chi connectivity index (χ2v) is 4.13. The van der Waals surface area contributed by atoms with Crippen molar-refractivity contribution in [2.24, 2.45) is 0 Å². The Morgan fingerprint density at radius 1 is 1.32 bits per heavy atom. The second kappa shape index (κ2) is 5.48. The van der Waals surface area contributed by atoms with Crippen molar-refractivity contribution in [3.05, 3.63) is 52.1 Å². The van der Waals surface area contributed by atoms with Crippen molar-refractivity contribution >= 4 is 5.97 Å². The third-order valence-electron chi connectivity index (χ3n) is 2.77. The van der Waals surface area contributed by atoms with Gasteiger partial charge < -0.3 is 10.1 Å². The number of H-pyrrole nitrogens is 1. The van der Waals surface area contributed by atoms with Gasteiger partial charge in [-0.15, -0.1) is 0 Å². The summed E-state index contributed by atoms with van der Waals surface area (Å²) in [5.74, 6) is -0.494. The Morgan fingerprint density at radius 2 is 2.00 bits per heavy atom. The van der Waals surface area contributed by atoms with E-state index in [1.807, 2.05) is 37.3 Å². The molecule has 0 aliphatic rings. The van der Waals surface area contributed by atoms with Crippen LogP contribution in [-0.4, -0.2) is 21.0 Å². The normalized spacial score (nSPS) is 10.4. The van der Waals surface area contributed by atoms with Crippen LogP contribution in [0.15, 0.2) is 35.1 Å². The van der Waals surface area contributed by atoms with Crippen LogP contribution in [0.2, 0.25) is 0 Å². The summed E-state index contributed by atoms with van der Waals surface area (Å²) in [7, 11) is 0. The number of aromatic nitrogens is 2. The van der Waals surface area contributed by atoms with Crippen LogP contribution in [-0.2, 0) is 17.6 Å². The molecule has 0 saturated carbocycles. The van der Waals surface area contributed by atoms with E-state index in [1.165, 1.54) is 0 Å². The largest absolute Gasteiger partial charge is 0.481 e. The zero-order valence-electron chi connectivity index (χ0n) is 10.5. The molecule has 0 unspecified atom stereocenters. The van der Waals surface area contributed by atoms with E-state index >= 15 is 0 Å². The molecule has 0 aliphatic heterocycles. The maximum absolute atomic E-state index is 12.0. The first-order chi connectivity index (χ1) is 9.11. The number of nitrogens with zero attached hydrogens (tertiary/aromatic N) is 1. The Bertz CT molecular complexity index is 647. The molecule has 2 N–H and O–H groups in total.